The molecule has 20 heavy (non-hydrogen) atoms. The fourth-order valence-corrected chi connectivity index (χ4v) is 1.73. The van der Waals surface area contributed by atoms with Crippen LogP contribution in [-0.2, 0) is 4.79 Å². The Bertz CT molecular complexity index is 650. The fraction of sp³-hybridized carbons (Fsp3) is 0.333. The summed E-state index contributed by atoms with van der Waals surface area (Å²) in [6.07, 6.45) is 0. The standard InChI is InChI=1S/C12H15N5O3/c1-7(2)14-11(18)6-13-12-15-9-4-3-8(17(19)20)5-10(9)16-12/h3-5,7H,6H2,1-2H3,(H,14,18)(H2,13,15,16). The summed E-state index contributed by atoms with van der Waals surface area (Å²) >= 11 is 0. The first-order valence-corrected chi connectivity index (χ1v) is 6.13. The summed E-state index contributed by atoms with van der Waals surface area (Å²) in [5.74, 6) is 0.255. The van der Waals surface area contributed by atoms with Crippen molar-refractivity contribution in [3.05, 3.63) is 28.3 Å². The predicted molar refractivity (Wildman–Crippen MR) is 74.5 cm³/mol. The van der Waals surface area contributed by atoms with Crippen molar-refractivity contribution < 1.29 is 9.72 Å². The smallest absolute Gasteiger partial charge is 0.271 e. The second-order valence-corrected chi connectivity index (χ2v) is 4.62. The highest BCUT2D eigenvalue weighted by Gasteiger charge is 2.10. The first-order chi connectivity index (χ1) is 9.45. The second-order valence-electron chi connectivity index (χ2n) is 4.62. The molecule has 1 amide bonds. The third kappa shape index (κ3) is 3.22. The molecule has 8 nitrogen and oxygen atoms in total. The van der Waals surface area contributed by atoms with Gasteiger partial charge in [0.2, 0.25) is 11.9 Å². The topological polar surface area (TPSA) is 113 Å². The molecule has 1 aromatic carbocycles. The number of rotatable bonds is 5. The number of anilines is 1. The second kappa shape index (κ2) is 5.55. The van der Waals surface area contributed by atoms with Crippen LogP contribution in [0.4, 0.5) is 11.6 Å². The van der Waals surface area contributed by atoms with Crippen molar-refractivity contribution in [2.24, 2.45) is 0 Å². The zero-order valence-corrected chi connectivity index (χ0v) is 11.1. The van der Waals surface area contributed by atoms with E-state index >= 15 is 0 Å². The molecule has 3 N–H and O–H groups in total. The van der Waals surface area contributed by atoms with E-state index in [-0.39, 0.29) is 24.2 Å². The first kappa shape index (κ1) is 13.8. The van der Waals surface area contributed by atoms with Gasteiger partial charge < -0.3 is 15.6 Å². The SMILES string of the molecule is CC(C)NC(=O)CNc1nc2ccc([N+](=O)[O-])cc2[nH]1. The van der Waals surface area contributed by atoms with Crippen molar-refractivity contribution in [3.8, 4) is 0 Å². The van der Waals surface area contributed by atoms with Crippen LogP contribution in [0.2, 0.25) is 0 Å². The van der Waals surface area contributed by atoms with Crippen molar-refractivity contribution in [2.75, 3.05) is 11.9 Å². The van der Waals surface area contributed by atoms with Gasteiger partial charge in [0, 0.05) is 18.2 Å². The van der Waals surface area contributed by atoms with Crippen LogP contribution in [0.3, 0.4) is 0 Å². The number of hydrogen-bond donors (Lipinski definition) is 3. The van der Waals surface area contributed by atoms with Crippen molar-refractivity contribution in [1.82, 2.24) is 15.3 Å². The molecule has 1 aromatic heterocycles. The van der Waals surface area contributed by atoms with Gasteiger partial charge in [-0.15, -0.1) is 0 Å². The number of benzene rings is 1. The maximum Gasteiger partial charge on any atom is 0.271 e. The Labute approximate surface area is 114 Å². The Morgan fingerprint density at radius 1 is 1.50 bits per heavy atom. The number of hydrogen-bond acceptors (Lipinski definition) is 5. The molecule has 0 bridgehead atoms. The number of non-ortho nitro benzene ring substituents is 1. The van der Waals surface area contributed by atoms with Gasteiger partial charge >= 0.3 is 0 Å². The number of aromatic amines is 1. The van der Waals surface area contributed by atoms with E-state index in [2.05, 4.69) is 20.6 Å². The zero-order chi connectivity index (χ0) is 14.7. The highest BCUT2D eigenvalue weighted by Crippen LogP contribution is 2.20. The Morgan fingerprint density at radius 2 is 2.25 bits per heavy atom. The van der Waals surface area contributed by atoms with E-state index in [1.54, 1.807) is 6.07 Å². The van der Waals surface area contributed by atoms with Gasteiger partial charge in [-0.2, -0.15) is 0 Å². The third-order valence-electron chi connectivity index (χ3n) is 2.54. The van der Waals surface area contributed by atoms with E-state index in [9.17, 15) is 14.9 Å². The minimum atomic E-state index is -0.469. The maximum absolute atomic E-state index is 11.5. The largest absolute Gasteiger partial charge is 0.352 e. The molecule has 0 saturated carbocycles. The molecular formula is C12H15N5O3. The van der Waals surface area contributed by atoms with Crippen LogP contribution in [0.1, 0.15) is 13.8 Å². The lowest BCUT2D eigenvalue weighted by molar-refractivity contribution is -0.384. The summed E-state index contributed by atoms with van der Waals surface area (Å²) in [5, 5.41) is 16.2. The van der Waals surface area contributed by atoms with Gasteiger partial charge in [0.05, 0.1) is 22.5 Å². The summed E-state index contributed by atoms with van der Waals surface area (Å²) in [6.45, 7) is 3.83. The lowest BCUT2D eigenvalue weighted by Crippen LogP contribution is -2.34. The van der Waals surface area contributed by atoms with Crippen LogP contribution >= 0.6 is 0 Å². The normalized spacial score (nSPS) is 10.8. The molecule has 106 valence electrons. The van der Waals surface area contributed by atoms with Gasteiger partial charge in [0.25, 0.3) is 5.69 Å². The number of nitrogens with one attached hydrogen (secondary N) is 3. The summed E-state index contributed by atoms with van der Waals surface area (Å²) in [6, 6.07) is 4.42. The van der Waals surface area contributed by atoms with Crippen molar-refractivity contribution in [3.63, 3.8) is 0 Å². The Morgan fingerprint density at radius 3 is 2.90 bits per heavy atom. The molecule has 0 unspecified atom stereocenters. The summed E-state index contributed by atoms with van der Waals surface area (Å²) in [4.78, 5) is 28.8. The minimum absolute atomic E-state index is 0.00903. The zero-order valence-electron chi connectivity index (χ0n) is 11.1. The van der Waals surface area contributed by atoms with Gasteiger partial charge in [-0.25, -0.2) is 4.98 Å². The quantitative estimate of drug-likeness (QED) is 0.565. The van der Waals surface area contributed by atoms with E-state index in [0.29, 0.717) is 17.0 Å². The number of carbonyl (C=O) groups is 1. The molecule has 0 saturated heterocycles. The number of nitro groups is 1. The van der Waals surface area contributed by atoms with Crippen LogP contribution in [0, 0.1) is 10.1 Å². The first-order valence-electron chi connectivity index (χ1n) is 6.13. The number of H-pyrrole nitrogens is 1. The van der Waals surface area contributed by atoms with Crippen LogP contribution in [0.15, 0.2) is 18.2 Å². The molecule has 0 aliphatic rings. The number of fused-ring (bicyclic) bond motifs is 1. The molecule has 8 heteroatoms. The number of carbonyl (C=O) groups excluding carboxylic acids is 1. The van der Waals surface area contributed by atoms with Crippen LogP contribution < -0.4 is 10.6 Å². The Balaban J connectivity index is 2.08. The Hall–Kier alpha value is -2.64. The van der Waals surface area contributed by atoms with Gasteiger partial charge in [0.15, 0.2) is 0 Å². The third-order valence-corrected chi connectivity index (χ3v) is 2.54. The van der Waals surface area contributed by atoms with Gasteiger partial charge in [-0.05, 0) is 19.9 Å². The van der Waals surface area contributed by atoms with E-state index < -0.39 is 4.92 Å². The van der Waals surface area contributed by atoms with E-state index in [1.807, 2.05) is 13.8 Å². The number of aromatic nitrogens is 2. The molecule has 0 fully saturated rings. The fourth-order valence-electron chi connectivity index (χ4n) is 1.73. The van der Waals surface area contributed by atoms with Crippen molar-refractivity contribution in [2.45, 2.75) is 19.9 Å². The summed E-state index contributed by atoms with van der Waals surface area (Å²) in [5.41, 5.74) is 1.14. The lowest BCUT2D eigenvalue weighted by Gasteiger charge is -2.08. The minimum Gasteiger partial charge on any atom is -0.352 e. The number of nitrogens with zero attached hydrogens (tertiary/aromatic N) is 2. The molecule has 2 rings (SSSR count). The highest BCUT2D eigenvalue weighted by atomic mass is 16.6. The monoisotopic (exact) mass is 277 g/mol. The summed E-state index contributed by atoms with van der Waals surface area (Å²) < 4.78 is 0. The number of nitro benzene ring substituents is 1. The molecule has 0 radical (unpaired) electrons. The average molecular weight is 277 g/mol. The maximum atomic E-state index is 11.5. The molecule has 0 aliphatic carbocycles. The van der Waals surface area contributed by atoms with Crippen molar-refractivity contribution >= 4 is 28.6 Å². The van der Waals surface area contributed by atoms with Gasteiger partial charge in [-0.3, -0.25) is 14.9 Å². The molecule has 0 aliphatic heterocycles. The lowest BCUT2D eigenvalue weighted by atomic mass is 10.3. The molecule has 2 aromatic rings. The van der Waals surface area contributed by atoms with Gasteiger partial charge in [0.1, 0.15) is 0 Å². The predicted octanol–water partition coefficient (Wildman–Crippen LogP) is 1.41. The number of imidazole rings is 1. The van der Waals surface area contributed by atoms with Crippen LogP contribution in [0.25, 0.3) is 11.0 Å². The highest BCUT2D eigenvalue weighted by molar-refractivity contribution is 5.83. The average Bonchev–Trinajstić information content (AvgIpc) is 2.77. The van der Waals surface area contributed by atoms with Gasteiger partial charge in [-0.1, -0.05) is 0 Å². The van der Waals surface area contributed by atoms with Crippen LogP contribution in [-0.4, -0.2) is 33.4 Å². The molecular weight excluding hydrogens is 262 g/mol. The van der Waals surface area contributed by atoms with E-state index in [1.165, 1.54) is 12.1 Å². The van der Waals surface area contributed by atoms with Crippen LogP contribution in [0.5, 0.6) is 0 Å². The molecule has 0 spiro atoms. The molecule has 1 heterocycles. The Kier molecular flexibility index (Phi) is 3.83. The number of amides is 1. The van der Waals surface area contributed by atoms with E-state index in [0.717, 1.165) is 0 Å². The molecule has 0 atom stereocenters. The van der Waals surface area contributed by atoms with E-state index in [4.69, 9.17) is 0 Å². The van der Waals surface area contributed by atoms with Crippen molar-refractivity contribution in [1.29, 1.82) is 0 Å². The summed E-state index contributed by atoms with van der Waals surface area (Å²) in [7, 11) is 0.